The van der Waals surface area contributed by atoms with Crippen LogP contribution in [0.1, 0.15) is 41.5 Å². The zero-order valence-corrected chi connectivity index (χ0v) is 13.4. The molecule has 0 heterocycles. The van der Waals surface area contributed by atoms with Crippen LogP contribution >= 0.6 is 0 Å². The number of hydrogen-bond acceptors (Lipinski definition) is 4. The molecule has 0 radical (unpaired) electrons. The standard InChI is InChI=1S/C17H20N2O2/c1-16(2,3)12-7-11(10(8-18)9-19)13(17(4,5)6)15(21)14(12)20/h7,13H,1-6H3/t13-/m1/s1. The fourth-order valence-corrected chi connectivity index (χ4v) is 2.50. The largest absolute Gasteiger partial charge is 0.290 e. The minimum absolute atomic E-state index is 0.0995. The molecule has 110 valence electrons. The fourth-order valence-electron chi connectivity index (χ4n) is 2.50. The lowest BCUT2D eigenvalue weighted by atomic mass is 9.65. The van der Waals surface area contributed by atoms with Gasteiger partial charge < -0.3 is 0 Å². The molecule has 0 N–H and O–H groups in total. The van der Waals surface area contributed by atoms with Crippen LogP contribution in [0.4, 0.5) is 0 Å². The van der Waals surface area contributed by atoms with E-state index in [-0.39, 0.29) is 5.57 Å². The first-order chi connectivity index (χ1) is 9.45. The molecule has 0 aromatic carbocycles. The Labute approximate surface area is 125 Å². The Kier molecular flexibility index (Phi) is 4.25. The smallest absolute Gasteiger partial charge is 0.225 e. The monoisotopic (exact) mass is 284 g/mol. The quantitative estimate of drug-likeness (QED) is 0.505. The van der Waals surface area contributed by atoms with Gasteiger partial charge in [-0.25, -0.2) is 0 Å². The minimum Gasteiger partial charge on any atom is -0.290 e. The molecule has 1 aliphatic rings. The predicted octanol–water partition coefficient (Wildman–Crippen LogP) is 3.12. The average Bonchev–Trinajstić information content (AvgIpc) is 2.31. The van der Waals surface area contributed by atoms with Crippen LogP contribution in [0.25, 0.3) is 0 Å². The molecule has 0 unspecified atom stereocenters. The second kappa shape index (κ2) is 5.30. The van der Waals surface area contributed by atoms with E-state index >= 15 is 0 Å². The summed E-state index contributed by atoms with van der Waals surface area (Å²) in [6.45, 7) is 11.0. The zero-order valence-electron chi connectivity index (χ0n) is 13.4. The third-order valence-electron chi connectivity index (χ3n) is 3.53. The number of hydrogen-bond donors (Lipinski definition) is 0. The molecule has 0 spiro atoms. The van der Waals surface area contributed by atoms with Crippen molar-refractivity contribution >= 4 is 11.6 Å². The number of carbonyl (C=O) groups excluding carboxylic acids is 2. The third-order valence-corrected chi connectivity index (χ3v) is 3.53. The molecular weight excluding hydrogens is 264 g/mol. The highest BCUT2D eigenvalue weighted by molar-refractivity contribution is 6.46. The van der Waals surface area contributed by atoms with Gasteiger partial charge in [-0.2, -0.15) is 10.5 Å². The van der Waals surface area contributed by atoms with E-state index in [0.717, 1.165) is 0 Å². The zero-order chi connectivity index (χ0) is 16.6. The molecule has 0 aromatic heterocycles. The molecule has 0 bridgehead atoms. The Morgan fingerprint density at radius 3 is 1.86 bits per heavy atom. The predicted molar refractivity (Wildman–Crippen MR) is 78.7 cm³/mol. The molecule has 4 nitrogen and oxygen atoms in total. The van der Waals surface area contributed by atoms with Gasteiger partial charge in [0.2, 0.25) is 11.6 Å². The summed E-state index contributed by atoms with van der Waals surface area (Å²) < 4.78 is 0. The molecule has 21 heavy (non-hydrogen) atoms. The Bertz CT molecular complexity index is 622. The van der Waals surface area contributed by atoms with Crippen molar-refractivity contribution in [3.63, 3.8) is 0 Å². The van der Waals surface area contributed by atoms with E-state index < -0.39 is 28.3 Å². The highest BCUT2D eigenvalue weighted by Gasteiger charge is 2.44. The lowest BCUT2D eigenvalue weighted by molar-refractivity contribution is -0.139. The lowest BCUT2D eigenvalue weighted by Gasteiger charge is -2.35. The summed E-state index contributed by atoms with van der Waals surface area (Å²) in [4.78, 5) is 24.9. The van der Waals surface area contributed by atoms with Gasteiger partial charge in [0.1, 0.15) is 17.7 Å². The molecule has 0 aromatic rings. The van der Waals surface area contributed by atoms with Crippen LogP contribution in [0, 0.1) is 39.4 Å². The summed E-state index contributed by atoms with van der Waals surface area (Å²) >= 11 is 0. The maximum absolute atomic E-state index is 12.5. The molecule has 0 amide bonds. The van der Waals surface area contributed by atoms with Crippen molar-refractivity contribution in [1.82, 2.24) is 0 Å². The normalized spacial score (nSPS) is 19.7. The van der Waals surface area contributed by atoms with E-state index in [1.807, 2.05) is 53.7 Å². The van der Waals surface area contributed by atoms with Crippen molar-refractivity contribution in [2.45, 2.75) is 41.5 Å². The van der Waals surface area contributed by atoms with Crippen LogP contribution in [0.3, 0.4) is 0 Å². The first kappa shape index (κ1) is 16.9. The summed E-state index contributed by atoms with van der Waals surface area (Å²) in [5.74, 6) is -1.81. The number of allylic oxidation sites excluding steroid dienone is 4. The van der Waals surface area contributed by atoms with Gasteiger partial charge in [-0.05, 0) is 22.5 Å². The van der Waals surface area contributed by atoms with Gasteiger partial charge in [-0.3, -0.25) is 9.59 Å². The Balaban J connectivity index is 3.76. The van der Waals surface area contributed by atoms with Gasteiger partial charge in [0.05, 0.1) is 5.92 Å². The van der Waals surface area contributed by atoms with E-state index in [4.69, 9.17) is 10.5 Å². The van der Waals surface area contributed by atoms with Gasteiger partial charge in [0, 0.05) is 5.57 Å². The topological polar surface area (TPSA) is 81.7 Å². The van der Waals surface area contributed by atoms with Crippen molar-refractivity contribution in [2.24, 2.45) is 16.7 Å². The van der Waals surface area contributed by atoms with Gasteiger partial charge in [-0.1, -0.05) is 41.5 Å². The second-order valence-corrected chi connectivity index (χ2v) is 7.35. The Morgan fingerprint density at radius 1 is 1.05 bits per heavy atom. The van der Waals surface area contributed by atoms with Crippen LogP contribution in [0.2, 0.25) is 0 Å². The lowest BCUT2D eigenvalue weighted by Crippen LogP contribution is -2.41. The van der Waals surface area contributed by atoms with Crippen molar-refractivity contribution in [1.29, 1.82) is 10.5 Å². The van der Waals surface area contributed by atoms with Crippen molar-refractivity contribution in [3.05, 3.63) is 22.8 Å². The maximum Gasteiger partial charge on any atom is 0.225 e. The molecule has 1 aliphatic carbocycles. The average molecular weight is 284 g/mol. The highest BCUT2D eigenvalue weighted by Crippen LogP contribution is 2.42. The van der Waals surface area contributed by atoms with E-state index in [2.05, 4.69) is 0 Å². The molecule has 0 saturated heterocycles. The van der Waals surface area contributed by atoms with E-state index in [1.165, 1.54) is 0 Å². The number of carbonyl (C=O) groups is 2. The van der Waals surface area contributed by atoms with Gasteiger partial charge >= 0.3 is 0 Å². The number of nitriles is 2. The fraction of sp³-hybridized carbons (Fsp3) is 0.529. The molecule has 1 rings (SSSR count). The summed E-state index contributed by atoms with van der Waals surface area (Å²) in [6.07, 6.45) is 1.57. The number of ketones is 2. The van der Waals surface area contributed by atoms with Crippen molar-refractivity contribution in [2.75, 3.05) is 0 Å². The number of Topliss-reactive ketones (excluding diaryl/α,β-unsaturated/α-hetero) is 2. The van der Waals surface area contributed by atoms with Crippen LogP contribution in [0.5, 0.6) is 0 Å². The second-order valence-electron chi connectivity index (χ2n) is 7.35. The first-order valence-electron chi connectivity index (χ1n) is 6.80. The summed E-state index contributed by atoms with van der Waals surface area (Å²) in [7, 11) is 0. The maximum atomic E-state index is 12.5. The van der Waals surface area contributed by atoms with Gasteiger partial charge in [0.25, 0.3) is 0 Å². The molecule has 1 atom stereocenters. The van der Waals surface area contributed by atoms with E-state index in [0.29, 0.717) is 11.1 Å². The molecule has 4 heteroatoms. The van der Waals surface area contributed by atoms with Crippen LogP contribution in [0.15, 0.2) is 22.8 Å². The van der Waals surface area contributed by atoms with E-state index in [9.17, 15) is 9.59 Å². The SMILES string of the molecule is CC(C)(C)C1=CC(=C(C#N)C#N)[C@@H](C(C)(C)C)C(=O)C1=O. The summed E-state index contributed by atoms with van der Waals surface area (Å²) in [5, 5.41) is 18.3. The van der Waals surface area contributed by atoms with Crippen LogP contribution < -0.4 is 0 Å². The molecular formula is C17H20N2O2. The first-order valence-corrected chi connectivity index (χ1v) is 6.80. The van der Waals surface area contributed by atoms with Crippen LogP contribution in [-0.2, 0) is 9.59 Å². The molecule has 0 fully saturated rings. The summed E-state index contributed by atoms with van der Waals surface area (Å²) in [5.41, 5.74) is -0.441. The van der Waals surface area contributed by atoms with E-state index in [1.54, 1.807) is 6.08 Å². The third kappa shape index (κ3) is 3.11. The van der Waals surface area contributed by atoms with Gasteiger partial charge in [0.15, 0.2) is 0 Å². The minimum atomic E-state index is -0.759. The number of nitrogens with zero attached hydrogens (tertiary/aromatic N) is 2. The van der Waals surface area contributed by atoms with Crippen molar-refractivity contribution < 1.29 is 9.59 Å². The Hall–Kier alpha value is -2.20. The summed E-state index contributed by atoms with van der Waals surface area (Å²) in [6, 6.07) is 3.68. The van der Waals surface area contributed by atoms with Crippen molar-refractivity contribution in [3.8, 4) is 12.1 Å². The van der Waals surface area contributed by atoms with Crippen LogP contribution in [-0.4, -0.2) is 11.6 Å². The highest BCUT2D eigenvalue weighted by atomic mass is 16.2. The van der Waals surface area contributed by atoms with Gasteiger partial charge in [-0.15, -0.1) is 0 Å². The Morgan fingerprint density at radius 2 is 1.52 bits per heavy atom. The molecule has 0 saturated carbocycles. The number of rotatable bonds is 0. The molecule has 0 aliphatic heterocycles.